The summed E-state index contributed by atoms with van der Waals surface area (Å²) in [6.07, 6.45) is -0.886. The first-order valence-corrected chi connectivity index (χ1v) is 10.2. The molecule has 0 aliphatic carbocycles. The SMILES string of the molecule is COc1cccc(N2C(=O)[C@@H]3[C@H](ON(c4ccccc4)[C@@H]3c3ccccc3C)C2=O)c1. The van der Waals surface area contributed by atoms with Crippen LogP contribution in [0.4, 0.5) is 11.4 Å². The largest absolute Gasteiger partial charge is 0.497 e. The lowest BCUT2D eigenvalue weighted by molar-refractivity contribution is -0.126. The molecule has 2 heterocycles. The number of imide groups is 1. The van der Waals surface area contributed by atoms with Gasteiger partial charge in [0.15, 0.2) is 6.10 Å². The number of nitrogens with zero attached hydrogens (tertiary/aromatic N) is 2. The van der Waals surface area contributed by atoms with E-state index in [1.807, 2.05) is 61.5 Å². The van der Waals surface area contributed by atoms with Gasteiger partial charge in [-0.15, -0.1) is 0 Å². The highest BCUT2D eigenvalue weighted by molar-refractivity contribution is 6.24. The Labute approximate surface area is 180 Å². The molecule has 2 amide bonds. The van der Waals surface area contributed by atoms with Crippen LogP contribution in [0.1, 0.15) is 17.2 Å². The number of ether oxygens (including phenoxy) is 1. The zero-order chi connectivity index (χ0) is 21.5. The molecule has 6 nitrogen and oxygen atoms in total. The van der Waals surface area contributed by atoms with Crippen LogP contribution in [0.2, 0.25) is 0 Å². The lowest BCUT2D eigenvalue weighted by Gasteiger charge is -2.29. The number of benzene rings is 3. The van der Waals surface area contributed by atoms with E-state index >= 15 is 0 Å². The van der Waals surface area contributed by atoms with Crippen molar-refractivity contribution in [2.45, 2.75) is 19.1 Å². The predicted molar refractivity (Wildman–Crippen MR) is 117 cm³/mol. The van der Waals surface area contributed by atoms with Gasteiger partial charge in [-0.05, 0) is 42.3 Å². The summed E-state index contributed by atoms with van der Waals surface area (Å²) in [6.45, 7) is 2.01. The van der Waals surface area contributed by atoms with Crippen molar-refractivity contribution < 1.29 is 19.2 Å². The quantitative estimate of drug-likeness (QED) is 0.603. The van der Waals surface area contributed by atoms with Gasteiger partial charge in [-0.2, -0.15) is 0 Å². The third kappa shape index (κ3) is 3.07. The van der Waals surface area contributed by atoms with Crippen LogP contribution in [0, 0.1) is 12.8 Å². The predicted octanol–water partition coefficient (Wildman–Crippen LogP) is 4.05. The van der Waals surface area contributed by atoms with E-state index in [0.29, 0.717) is 11.4 Å². The molecule has 2 aliphatic heterocycles. The van der Waals surface area contributed by atoms with E-state index < -0.39 is 18.1 Å². The number of carbonyl (C=O) groups is 2. The smallest absolute Gasteiger partial charge is 0.266 e. The van der Waals surface area contributed by atoms with Crippen molar-refractivity contribution in [2.75, 3.05) is 17.1 Å². The van der Waals surface area contributed by atoms with Gasteiger partial charge >= 0.3 is 0 Å². The van der Waals surface area contributed by atoms with Crippen molar-refractivity contribution in [3.8, 4) is 5.75 Å². The maximum Gasteiger partial charge on any atom is 0.266 e. The minimum absolute atomic E-state index is 0.269. The molecule has 0 saturated carbocycles. The lowest BCUT2D eigenvalue weighted by atomic mass is 9.88. The minimum atomic E-state index is -0.886. The molecule has 3 aromatic carbocycles. The normalized spacial score (nSPS) is 22.7. The van der Waals surface area contributed by atoms with Gasteiger partial charge in [0.25, 0.3) is 5.91 Å². The number of rotatable bonds is 4. The van der Waals surface area contributed by atoms with Gasteiger partial charge in [-0.1, -0.05) is 48.5 Å². The van der Waals surface area contributed by atoms with Crippen LogP contribution in [-0.2, 0) is 14.4 Å². The number of fused-ring (bicyclic) bond motifs is 1. The number of amides is 2. The number of hydroxylamine groups is 1. The third-order valence-electron chi connectivity index (χ3n) is 5.94. The summed E-state index contributed by atoms with van der Waals surface area (Å²) >= 11 is 0. The van der Waals surface area contributed by atoms with Gasteiger partial charge < -0.3 is 4.74 Å². The van der Waals surface area contributed by atoms with E-state index in [1.165, 1.54) is 4.90 Å². The van der Waals surface area contributed by atoms with Gasteiger partial charge in [-0.3, -0.25) is 14.4 Å². The van der Waals surface area contributed by atoms with Crippen LogP contribution in [0.3, 0.4) is 0 Å². The molecule has 0 N–H and O–H groups in total. The summed E-state index contributed by atoms with van der Waals surface area (Å²) in [6, 6.07) is 24.0. The van der Waals surface area contributed by atoms with Crippen LogP contribution in [0.15, 0.2) is 78.9 Å². The standard InChI is InChI=1S/C25H22N2O4/c1-16-9-6-7-14-20(16)22-21-23(31-27(22)17-10-4-3-5-11-17)25(29)26(24(21)28)18-12-8-13-19(15-18)30-2/h3-15,21-23H,1-2H3/t21-,22+,23-/m0/s1. The first kappa shape index (κ1) is 19.3. The molecule has 0 unspecified atom stereocenters. The molecule has 3 aromatic rings. The molecule has 156 valence electrons. The Morgan fingerprint density at radius 2 is 1.55 bits per heavy atom. The molecule has 0 aromatic heterocycles. The van der Waals surface area contributed by atoms with Gasteiger partial charge in [0.2, 0.25) is 5.91 Å². The molecule has 2 aliphatic rings. The fraction of sp³-hybridized carbons (Fsp3) is 0.200. The number of methoxy groups -OCH3 is 1. The topological polar surface area (TPSA) is 59.1 Å². The van der Waals surface area contributed by atoms with Crippen molar-refractivity contribution in [3.63, 3.8) is 0 Å². The Hall–Kier alpha value is -3.64. The fourth-order valence-corrected chi connectivity index (χ4v) is 4.45. The van der Waals surface area contributed by atoms with E-state index in [0.717, 1.165) is 16.8 Å². The van der Waals surface area contributed by atoms with E-state index in [9.17, 15) is 9.59 Å². The molecular weight excluding hydrogens is 392 g/mol. The average Bonchev–Trinajstić information content (AvgIpc) is 3.31. The minimum Gasteiger partial charge on any atom is -0.497 e. The summed E-state index contributed by atoms with van der Waals surface area (Å²) in [5.41, 5.74) is 3.30. The molecule has 3 atom stereocenters. The van der Waals surface area contributed by atoms with Gasteiger partial charge in [0, 0.05) is 6.07 Å². The number of aryl methyl sites for hydroxylation is 1. The number of anilines is 2. The van der Waals surface area contributed by atoms with E-state index in [2.05, 4.69) is 0 Å². The van der Waals surface area contributed by atoms with Crippen LogP contribution in [0.25, 0.3) is 0 Å². The fourth-order valence-electron chi connectivity index (χ4n) is 4.45. The lowest BCUT2D eigenvalue weighted by Crippen LogP contribution is -2.37. The Balaban J connectivity index is 1.60. The molecule has 5 rings (SSSR count). The van der Waals surface area contributed by atoms with Crippen molar-refractivity contribution in [1.82, 2.24) is 0 Å². The highest BCUT2D eigenvalue weighted by Gasteiger charge is 2.60. The number of hydrogen-bond donors (Lipinski definition) is 0. The summed E-state index contributed by atoms with van der Waals surface area (Å²) in [5, 5.41) is 1.72. The third-order valence-corrected chi connectivity index (χ3v) is 5.94. The molecule has 6 heteroatoms. The highest BCUT2D eigenvalue weighted by Crippen LogP contribution is 2.48. The second kappa shape index (κ2) is 7.56. The van der Waals surface area contributed by atoms with Crippen molar-refractivity contribution in [2.24, 2.45) is 5.92 Å². The molecule has 2 saturated heterocycles. The average molecular weight is 414 g/mol. The van der Waals surface area contributed by atoms with Crippen LogP contribution in [-0.4, -0.2) is 25.0 Å². The molecule has 0 spiro atoms. The Kier molecular flexibility index (Phi) is 4.71. The van der Waals surface area contributed by atoms with Crippen molar-refractivity contribution >= 4 is 23.2 Å². The first-order chi connectivity index (χ1) is 15.1. The van der Waals surface area contributed by atoms with Gasteiger partial charge in [-0.25, -0.2) is 9.96 Å². The first-order valence-electron chi connectivity index (χ1n) is 10.2. The summed E-state index contributed by atoms with van der Waals surface area (Å²) in [5.74, 6) is -0.701. The number of carbonyl (C=O) groups excluding carboxylic acids is 2. The number of para-hydroxylation sites is 1. The second-order valence-electron chi connectivity index (χ2n) is 7.73. The summed E-state index contributed by atoms with van der Waals surface area (Å²) in [4.78, 5) is 34.4. The maximum absolute atomic E-state index is 13.6. The van der Waals surface area contributed by atoms with Gasteiger partial charge in [0.1, 0.15) is 11.7 Å². The Morgan fingerprint density at radius 3 is 2.29 bits per heavy atom. The molecule has 0 radical (unpaired) electrons. The molecule has 0 bridgehead atoms. The Morgan fingerprint density at radius 1 is 0.839 bits per heavy atom. The second-order valence-corrected chi connectivity index (χ2v) is 7.73. The van der Waals surface area contributed by atoms with Crippen molar-refractivity contribution in [3.05, 3.63) is 90.0 Å². The van der Waals surface area contributed by atoms with E-state index in [4.69, 9.17) is 9.57 Å². The highest BCUT2D eigenvalue weighted by atomic mass is 16.7. The van der Waals surface area contributed by atoms with Crippen LogP contribution in [0.5, 0.6) is 5.75 Å². The van der Waals surface area contributed by atoms with Crippen molar-refractivity contribution in [1.29, 1.82) is 0 Å². The molecular formula is C25H22N2O4. The molecule has 31 heavy (non-hydrogen) atoms. The zero-order valence-electron chi connectivity index (χ0n) is 17.3. The van der Waals surface area contributed by atoms with Crippen LogP contribution < -0.4 is 14.7 Å². The zero-order valence-corrected chi connectivity index (χ0v) is 17.3. The Bertz CT molecular complexity index is 1150. The summed E-state index contributed by atoms with van der Waals surface area (Å²) < 4.78 is 5.27. The monoisotopic (exact) mass is 414 g/mol. The number of hydrogen-bond acceptors (Lipinski definition) is 5. The van der Waals surface area contributed by atoms with Crippen LogP contribution >= 0.6 is 0 Å². The summed E-state index contributed by atoms with van der Waals surface area (Å²) in [7, 11) is 1.55. The molecule has 2 fully saturated rings. The maximum atomic E-state index is 13.6. The van der Waals surface area contributed by atoms with E-state index in [-0.39, 0.29) is 11.8 Å². The van der Waals surface area contributed by atoms with E-state index in [1.54, 1.807) is 36.4 Å². The van der Waals surface area contributed by atoms with Gasteiger partial charge in [0.05, 0.1) is 24.5 Å².